The summed E-state index contributed by atoms with van der Waals surface area (Å²) in [7, 11) is 1.46. The normalized spacial score (nSPS) is 11.9. The molecule has 122 valence electrons. The second kappa shape index (κ2) is 7.80. The molecular weight excluding hydrogens is 322 g/mol. The Balaban J connectivity index is 2.12. The lowest BCUT2D eigenvalue weighted by atomic mass is 10.2. The lowest BCUT2D eigenvalue weighted by Crippen LogP contribution is -2.41. The minimum absolute atomic E-state index is 0.0172. The second-order valence-corrected chi connectivity index (χ2v) is 5.20. The SMILES string of the molecule is COCCC(NC(=O)c1ccc(-c2ccccc2Cl)o1)C(=O)O. The Kier molecular flexibility index (Phi) is 5.78. The van der Waals surface area contributed by atoms with E-state index >= 15 is 0 Å². The average Bonchev–Trinajstić information content (AvgIpc) is 3.01. The van der Waals surface area contributed by atoms with Crippen molar-refractivity contribution in [3.63, 3.8) is 0 Å². The molecule has 0 bridgehead atoms. The van der Waals surface area contributed by atoms with Gasteiger partial charge in [-0.3, -0.25) is 4.79 Å². The molecule has 1 atom stereocenters. The maximum atomic E-state index is 12.1. The number of furan rings is 1. The molecule has 0 aliphatic heterocycles. The van der Waals surface area contributed by atoms with E-state index in [4.69, 9.17) is 25.9 Å². The highest BCUT2D eigenvalue weighted by atomic mass is 35.5. The van der Waals surface area contributed by atoms with E-state index in [1.54, 1.807) is 30.3 Å². The van der Waals surface area contributed by atoms with Crippen molar-refractivity contribution >= 4 is 23.5 Å². The fraction of sp³-hybridized carbons (Fsp3) is 0.250. The first kappa shape index (κ1) is 17.1. The number of methoxy groups -OCH3 is 1. The smallest absolute Gasteiger partial charge is 0.326 e. The Hall–Kier alpha value is -2.31. The summed E-state index contributed by atoms with van der Waals surface area (Å²) in [5.74, 6) is -1.28. The highest BCUT2D eigenvalue weighted by molar-refractivity contribution is 6.33. The summed E-state index contributed by atoms with van der Waals surface area (Å²) >= 11 is 6.08. The fourth-order valence-electron chi connectivity index (χ4n) is 1.99. The van der Waals surface area contributed by atoms with Crippen LogP contribution in [-0.2, 0) is 9.53 Å². The third-order valence-corrected chi connectivity index (χ3v) is 3.51. The molecule has 1 heterocycles. The Morgan fingerprint density at radius 1 is 1.30 bits per heavy atom. The Morgan fingerprint density at radius 3 is 2.70 bits per heavy atom. The van der Waals surface area contributed by atoms with Crippen LogP contribution in [0.5, 0.6) is 0 Å². The molecular formula is C16H16ClNO5. The molecule has 0 fully saturated rings. The summed E-state index contributed by atoms with van der Waals surface area (Å²) in [5, 5.41) is 12.0. The summed E-state index contributed by atoms with van der Waals surface area (Å²) in [6.07, 6.45) is 0.162. The lowest BCUT2D eigenvalue weighted by Gasteiger charge is -2.12. The zero-order valence-electron chi connectivity index (χ0n) is 12.4. The van der Waals surface area contributed by atoms with Crippen LogP contribution in [0.25, 0.3) is 11.3 Å². The van der Waals surface area contributed by atoms with Gasteiger partial charge in [-0.2, -0.15) is 0 Å². The zero-order valence-corrected chi connectivity index (χ0v) is 13.2. The third-order valence-electron chi connectivity index (χ3n) is 3.18. The molecule has 1 aromatic carbocycles. The first-order valence-corrected chi connectivity index (χ1v) is 7.28. The summed E-state index contributed by atoms with van der Waals surface area (Å²) in [4.78, 5) is 23.2. The van der Waals surface area contributed by atoms with E-state index in [-0.39, 0.29) is 18.8 Å². The molecule has 0 aliphatic rings. The van der Waals surface area contributed by atoms with Crippen LogP contribution in [0.3, 0.4) is 0 Å². The van der Waals surface area contributed by atoms with E-state index in [0.717, 1.165) is 0 Å². The number of carbonyl (C=O) groups excluding carboxylic acids is 1. The molecule has 1 unspecified atom stereocenters. The van der Waals surface area contributed by atoms with Crippen molar-refractivity contribution in [3.8, 4) is 11.3 Å². The van der Waals surface area contributed by atoms with Crippen LogP contribution in [0, 0.1) is 0 Å². The minimum Gasteiger partial charge on any atom is -0.480 e. The summed E-state index contributed by atoms with van der Waals surface area (Å²) in [6, 6.07) is 9.11. The van der Waals surface area contributed by atoms with Crippen LogP contribution in [0.4, 0.5) is 0 Å². The van der Waals surface area contributed by atoms with Crippen LogP contribution >= 0.6 is 11.6 Å². The first-order valence-electron chi connectivity index (χ1n) is 6.90. The predicted octanol–water partition coefficient (Wildman–Crippen LogP) is 2.82. The lowest BCUT2D eigenvalue weighted by molar-refractivity contribution is -0.139. The van der Waals surface area contributed by atoms with Crippen molar-refractivity contribution in [1.82, 2.24) is 5.32 Å². The van der Waals surface area contributed by atoms with Gasteiger partial charge in [0.2, 0.25) is 0 Å². The standard InChI is InChI=1S/C16H16ClNO5/c1-22-9-8-12(16(20)21)18-15(19)14-7-6-13(23-14)10-4-2-3-5-11(10)17/h2-7,12H,8-9H2,1H3,(H,18,19)(H,20,21). The largest absolute Gasteiger partial charge is 0.480 e. The van der Waals surface area contributed by atoms with Crippen LogP contribution in [0.1, 0.15) is 17.0 Å². The molecule has 0 aliphatic carbocycles. The van der Waals surface area contributed by atoms with E-state index in [0.29, 0.717) is 16.3 Å². The highest BCUT2D eigenvalue weighted by Gasteiger charge is 2.22. The fourth-order valence-corrected chi connectivity index (χ4v) is 2.22. The van der Waals surface area contributed by atoms with Crippen LogP contribution in [0.2, 0.25) is 5.02 Å². The number of rotatable bonds is 7. The number of ether oxygens (including phenoxy) is 1. The van der Waals surface area contributed by atoms with Crippen LogP contribution < -0.4 is 5.32 Å². The molecule has 1 amide bonds. The molecule has 1 aromatic heterocycles. The maximum Gasteiger partial charge on any atom is 0.326 e. The van der Waals surface area contributed by atoms with Gasteiger partial charge in [0.25, 0.3) is 5.91 Å². The van der Waals surface area contributed by atoms with Gasteiger partial charge in [0, 0.05) is 25.7 Å². The van der Waals surface area contributed by atoms with Crippen molar-refractivity contribution in [1.29, 1.82) is 0 Å². The van der Waals surface area contributed by atoms with Gasteiger partial charge in [0.15, 0.2) is 5.76 Å². The molecule has 0 spiro atoms. The van der Waals surface area contributed by atoms with Gasteiger partial charge in [-0.25, -0.2) is 4.79 Å². The van der Waals surface area contributed by atoms with Gasteiger partial charge in [-0.05, 0) is 24.3 Å². The van der Waals surface area contributed by atoms with Gasteiger partial charge in [0.1, 0.15) is 11.8 Å². The number of amides is 1. The Labute approximate surface area is 138 Å². The molecule has 2 N–H and O–H groups in total. The van der Waals surface area contributed by atoms with Crippen molar-refractivity contribution < 1.29 is 23.8 Å². The molecule has 7 heteroatoms. The van der Waals surface area contributed by atoms with E-state index in [2.05, 4.69) is 5.32 Å². The van der Waals surface area contributed by atoms with Crippen molar-refractivity contribution in [2.45, 2.75) is 12.5 Å². The summed E-state index contributed by atoms with van der Waals surface area (Å²) < 4.78 is 10.3. The number of carbonyl (C=O) groups is 2. The second-order valence-electron chi connectivity index (χ2n) is 4.79. The highest BCUT2D eigenvalue weighted by Crippen LogP contribution is 2.29. The average molecular weight is 338 g/mol. The third kappa shape index (κ3) is 4.34. The quantitative estimate of drug-likeness (QED) is 0.811. The van der Waals surface area contributed by atoms with Crippen molar-refractivity contribution in [2.75, 3.05) is 13.7 Å². The molecule has 0 radical (unpaired) electrons. The molecule has 6 nitrogen and oxygen atoms in total. The van der Waals surface area contributed by atoms with Crippen LogP contribution in [-0.4, -0.2) is 36.7 Å². The molecule has 0 saturated heterocycles. The predicted molar refractivity (Wildman–Crippen MR) is 84.5 cm³/mol. The van der Waals surface area contributed by atoms with E-state index in [1.807, 2.05) is 0 Å². The number of carboxylic acid groups (broad SMARTS) is 1. The van der Waals surface area contributed by atoms with Gasteiger partial charge < -0.3 is 19.6 Å². The topological polar surface area (TPSA) is 88.8 Å². The monoisotopic (exact) mass is 337 g/mol. The molecule has 23 heavy (non-hydrogen) atoms. The summed E-state index contributed by atoms with van der Waals surface area (Å²) in [6.45, 7) is 0.222. The number of carboxylic acids is 1. The Bertz CT molecular complexity index is 697. The number of benzene rings is 1. The number of aliphatic carboxylic acids is 1. The van der Waals surface area contributed by atoms with Gasteiger partial charge in [-0.15, -0.1) is 0 Å². The molecule has 0 saturated carbocycles. The molecule has 2 rings (SSSR count). The van der Waals surface area contributed by atoms with E-state index in [9.17, 15) is 9.59 Å². The minimum atomic E-state index is -1.13. The molecule has 2 aromatic rings. The number of nitrogens with one attached hydrogen (secondary N) is 1. The first-order chi connectivity index (χ1) is 11.0. The van der Waals surface area contributed by atoms with Gasteiger partial charge in [-0.1, -0.05) is 23.7 Å². The van der Waals surface area contributed by atoms with E-state index < -0.39 is 17.9 Å². The number of hydrogen-bond donors (Lipinski definition) is 2. The van der Waals surface area contributed by atoms with Gasteiger partial charge >= 0.3 is 5.97 Å². The summed E-state index contributed by atoms with van der Waals surface area (Å²) in [5.41, 5.74) is 0.655. The van der Waals surface area contributed by atoms with Crippen LogP contribution in [0.15, 0.2) is 40.8 Å². The van der Waals surface area contributed by atoms with E-state index in [1.165, 1.54) is 13.2 Å². The van der Waals surface area contributed by atoms with Crippen molar-refractivity contribution in [2.24, 2.45) is 0 Å². The maximum absolute atomic E-state index is 12.1. The van der Waals surface area contributed by atoms with Gasteiger partial charge in [0.05, 0.1) is 5.02 Å². The number of halogens is 1. The van der Waals surface area contributed by atoms with Crippen molar-refractivity contribution in [3.05, 3.63) is 47.2 Å². The number of hydrogen-bond acceptors (Lipinski definition) is 4. The zero-order chi connectivity index (χ0) is 16.8. The Morgan fingerprint density at radius 2 is 2.04 bits per heavy atom.